The van der Waals surface area contributed by atoms with E-state index >= 15 is 0 Å². The zero-order valence-corrected chi connectivity index (χ0v) is 14.1. The molecule has 2 aromatic rings. The van der Waals surface area contributed by atoms with Gasteiger partial charge in [-0.2, -0.15) is 0 Å². The van der Waals surface area contributed by atoms with E-state index in [0.717, 1.165) is 23.3 Å². The van der Waals surface area contributed by atoms with Gasteiger partial charge in [0.1, 0.15) is 5.00 Å². The Balaban J connectivity index is 1.86. The number of anilines is 1. The number of ether oxygens (including phenoxy) is 1. The first-order valence-electron chi connectivity index (χ1n) is 7.26. The van der Waals surface area contributed by atoms with Crippen LogP contribution in [0.3, 0.4) is 0 Å². The van der Waals surface area contributed by atoms with E-state index in [0.29, 0.717) is 28.0 Å². The molecule has 1 N–H and O–H groups in total. The van der Waals surface area contributed by atoms with E-state index < -0.39 is 0 Å². The molecule has 0 aliphatic heterocycles. The number of thiophene rings is 2. The number of hydrogen-bond donors (Lipinski definition) is 1. The fourth-order valence-electron chi connectivity index (χ4n) is 2.29. The van der Waals surface area contributed by atoms with Gasteiger partial charge in [0.2, 0.25) is 0 Å². The summed E-state index contributed by atoms with van der Waals surface area (Å²) in [6.45, 7) is 4.08. The monoisotopic (exact) mass is 335 g/mol. The third-order valence-electron chi connectivity index (χ3n) is 3.51. The molecule has 1 aliphatic rings. The molecule has 116 valence electrons. The van der Waals surface area contributed by atoms with Crippen LogP contribution in [-0.2, 0) is 4.74 Å². The highest BCUT2D eigenvalue weighted by molar-refractivity contribution is 7.16. The highest BCUT2D eigenvalue weighted by Crippen LogP contribution is 2.46. The lowest BCUT2D eigenvalue weighted by Crippen LogP contribution is -2.14. The number of nitrogens with one attached hydrogen (secondary N) is 1. The van der Waals surface area contributed by atoms with Crippen molar-refractivity contribution in [1.29, 1.82) is 0 Å². The Morgan fingerprint density at radius 1 is 1.36 bits per heavy atom. The Labute approximate surface area is 137 Å². The zero-order valence-electron chi connectivity index (χ0n) is 12.5. The van der Waals surface area contributed by atoms with Crippen molar-refractivity contribution >= 4 is 39.6 Å². The van der Waals surface area contributed by atoms with Crippen molar-refractivity contribution in [3.63, 3.8) is 0 Å². The second-order valence-corrected chi connectivity index (χ2v) is 7.42. The van der Waals surface area contributed by atoms with Crippen molar-refractivity contribution in [3.8, 4) is 0 Å². The van der Waals surface area contributed by atoms with Crippen LogP contribution in [0.5, 0.6) is 0 Å². The number of rotatable bonds is 5. The van der Waals surface area contributed by atoms with Gasteiger partial charge in [0.15, 0.2) is 0 Å². The van der Waals surface area contributed by atoms with Gasteiger partial charge in [-0.25, -0.2) is 4.79 Å². The van der Waals surface area contributed by atoms with E-state index in [4.69, 9.17) is 4.74 Å². The summed E-state index contributed by atoms with van der Waals surface area (Å²) in [4.78, 5) is 26.3. The van der Waals surface area contributed by atoms with Crippen molar-refractivity contribution in [3.05, 3.63) is 38.4 Å². The molecule has 1 fully saturated rings. The van der Waals surface area contributed by atoms with E-state index in [1.54, 1.807) is 13.0 Å². The molecule has 0 bridgehead atoms. The van der Waals surface area contributed by atoms with Gasteiger partial charge < -0.3 is 10.1 Å². The first-order chi connectivity index (χ1) is 10.6. The highest BCUT2D eigenvalue weighted by Gasteiger charge is 2.32. The number of amides is 1. The van der Waals surface area contributed by atoms with Crippen LogP contribution in [0.2, 0.25) is 0 Å². The summed E-state index contributed by atoms with van der Waals surface area (Å²) in [6, 6.07) is 3.71. The molecule has 22 heavy (non-hydrogen) atoms. The SMILES string of the molecule is CCOC(=O)c1c(C2CC2)csc1NC(=O)c1ccc(C)s1. The first-order valence-corrected chi connectivity index (χ1v) is 8.96. The lowest BCUT2D eigenvalue weighted by Gasteiger charge is -2.07. The summed E-state index contributed by atoms with van der Waals surface area (Å²) < 4.78 is 5.16. The van der Waals surface area contributed by atoms with Crippen molar-refractivity contribution < 1.29 is 14.3 Å². The smallest absolute Gasteiger partial charge is 0.341 e. The zero-order chi connectivity index (χ0) is 15.7. The van der Waals surface area contributed by atoms with Gasteiger partial charge in [-0.05, 0) is 55.7 Å². The molecule has 1 saturated carbocycles. The van der Waals surface area contributed by atoms with Gasteiger partial charge in [0.25, 0.3) is 5.91 Å². The minimum absolute atomic E-state index is 0.173. The molecule has 0 radical (unpaired) electrons. The van der Waals surface area contributed by atoms with Crippen molar-refractivity contribution in [2.45, 2.75) is 32.6 Å². The average molecular weight is 335 g/mol. The molecular formula is C16H17NO3S2. The van der Waals surface area contributed by atoms with Gasteiger partial charge >= 0.3 is 5.97 Å². The van der Waals surface area contributed by atoms with Crippen molar-refractivity contribution in [2.75, 3.05) is 11.9 Å². The lowest BCUT2D eigenvalue weighted by molar-refractivity contribution is 0.0527. The van der Waals surface area contributed by atoms with Crippen molar-refractivity contribution in [2.24, 2.45) is 0 Å². The van der Waals surface area contributed by atoms with Crippen LogP contribution in [0.1, 0.15) is 56.2 Å². The molecule has 3 rings (SSSR count). The summed E-state index contributed by atoms with van der Waals surface area (Å²) in [6.07, 6.45) is 2.20. The number of carbonyl (C=O) groups excluding carboxylic acids is 2. The fourth-order valence-corrected chi connectivity index (χ4v) is 4.08. The Morgan fingerprint density at radius 2 is 2.14 bits per heavy atom. The predicted molar refractivity (Wildman–Crippen MR) is 89.3 cm³/mol. The Bertz CT molecular complexity index is 713. The summed E-state index contributed by atoms with van der Waals surface area (Å²) >= 11 is 2.84. The number of carbonyl (C=O) groups is 2. The molecule has 0 unspecified atom stereocenters. The number of hydrogen-bond acceptors (Lipinski definition) is 5. The lowest BCUT2D eigenvalue weighted by atomic mass is 10.1. The van der Waals surface area contributed by atoms with Gasteiger partial charge in [0.05, 0.1) is 17.0 Å². The summed E-state index contributed by atoms with van der Waals surface area (Å²) in [5.74, 6) is -0.0820. The molecule has 2 aromatic heterocycles. The molecule has 0 saturated heterocycles. The maximum Gasteiger partial charge on any atom is 0.341 e. The van der Waals surface area contributed by atoms with Crippen LogP contribution in [0, 0.1) is 6.92 Å². The van der Waals surface area contributed by atoms with Gasteiger partial charge in [-0.1, -0.05) is 0 Å². The largest absolute Gasteiger partial charge is 0.462 e. The second kappa shape index (κ2) is 6.22. The van der Waals surface area contributed by atoms with Crippen LogP contribution in [0.4, 0.5) is 5.00 Å². The molecule has 6 heteroatoms. The fraction of sp³-hybridized carbons (Fsp3) is 0.375. The standard InChI is InChI=1S/C16H17NO3S2/c1-3-20-16(19)13-11(10-5-6-10)8-21-15(13)17-14(18)12-7-4-9(2)22-12/h4,7-8,10H,3,5-6H2,1-2H3,(H,17,18). The third kappa shape index (κ3) is 3.08. The Hall–Kier alpha value is -1.66. The van der Waals surface area contributed by atoms with E-state index in [-0.39, 0.29) is 11.9 Å². The van der Waals surface area contributed by atoms with E-state index in [1.165, 1.54) is 22.7 Å². The van der Waals surface area contributed by atoms with Gasteiger partial charge in [-0.15, -0.1) is 22.7 Å². The quantitative estimate of drug-likeness (QED) is 0.823. The Morgan fingerprint density at radius 3 is 2.73 bits per heavy atom. The van der Waals surface area contributed by atoms with Crippen LogP contribution >= 0.6 is 22.7 Å². The van der Waals surface area contributed by atoms with Crippen LogP contribution in [0.25, 0.3) is 0 Å². The molecule has 1 amide bonds. The van der Waals surface area contributed by atoms with Crippen LogP contribution < -0.4 is 5.32 Å². The van der Waals surface area contributed by atoms with Crippen molar-refractivity contribution in [1.82, 2.24) is 0 Å². The second-order valence-electron chi connectivity index (χ2n) is 5.25. The van der Waals surface area contributed by atoms with E-state index in [9.17, 15) is 9.59 Å². The molecular weight excluding hydrogens is 318 g/mol. The summed E-state index contributed by atoms with van der Waals surface area (Å²) in [7, 11) is 0. The van der Waals surface area contributed by atoms with Gasteiger partial charge in [-0.3, -0.25) is 4.79 Å². The summed E-state index contributed by atoms with van der Waals surface area (Å²) in [5, 5.41) is 5.44. The number of aryl methyl sites for hydroxylation is 1. The Kier molecular flexibility index (Phi) is 4.31. The van der Waals surface area contributed by atoms with Crippen LogP contribution in [-0.4, -0.2) is 18.5 Å². The number of esters is 1. The normalized spacial score (nSPS) is 13.9. The third-order valence-corrected chi connectivity index (χ3v) is 5.42. The minimum Gasteiger partial charge on any atom is -0.462 e. The maximum atomic E-state index is 12.3. The first kappa shape index (κ1) is 15.2. The van der Waals surface area contributed by atoms with Crippen LogP contribution in [0.15, 0.2) is 17.5 Å². The topological polar surface area (TPSA) is 55.4 Å². The summed E-state index contributed by atoms with van der Waals surface area (Å²) in [5.41, 5.74) is 1.55. The predicted octanol–water partition coefficient (Wildman–Crippen LogP) is 4.42. The van der Waals surface area contributed by atoms with Gasteiger partial charge in [0, 0.05) is 4.88 Å². The molecule has 4 nitrogen and oxygen atoms in total. The molecule has 0 aromatic carbocycles. The minimum atomic E-state index is -0.344. The average Bonchev–Trinajstić information content (AvgIpc) is 3.10. The maximum absolute atomic E-state index is 12.3. The van der Waals surface area contributed by atoms with E-state index in [1.807, 2.05) is 18.4 Å². The molecule has 2 heterocycles. The molecule has 0 spiro atoms. The van der Waals surface area contributed by atoms with E-state index in [2.05, 4.69) is 5.32 Å². The highest BCUT2D eigenvalue weighted by atomic mass is 32.1. The molecule has 0 atom stereocenters. The molecule has 1 aliphatic carbocycles.